The summed E-state index contributed by atoms with van der Waals surface area (Å²) in [4.78, 5) is 18.3. The second-order valence-electron chi connectivity index (χ2n) is 4.28. The molecule has 0 aliphatic heterocycles. The third kappa shape index (κ3) is 2.11. The molecule has 2 aromatic rings. The minimum absolute atomic E-state index is 0.277. The predicted octanol–water partition coefficient (Wildman–Crippen LogP) is 3.35. The Morgan fingerprint density at radius 2 is 1.94 bits per heavy atom. The van der Waals surface area contributed by atoms with Gasteiger partial charge in [0.2, 0.25) is 0 Å². The van der Waals surface area contributed by atoms with E-state index in [4.69, 9.17) is 16.7 Å². The van der Waals surface area contributed by atoms with Crippen LogP contribution in [0.15, 0.2) is 12.1 Å². The molecule has 2 rings (SSSR count). The lowest BCUT2D eigenvalue weighted by atomic mass is 9.98. The molecule has 18 heavy (non-hydrogen) atoms. The second kappa shape index (κ2) is 4.46. The average Bonchev–Trinajstić information content (AvgIpc) is 2.57. The maximum absolute atomic E-state index is 11.1. The number of hydrogen-bond acceptors (Lipinski definition) is 2. The largest absolute Gasteiger partial charge is 0.478 e. The van der Waals surface area contributed by atoms with Gasteiger partial charge < -0.3 is 10.1 Å². The topological polar surface area (TPSA) is 66.0 Å². The maximum atomic E-state index is 11.1. The molecule has 0 aliphatic carbocycles. The molecule has 1 aromatic carbocycles. The van der Waals surface area contributed by atoms with Gasteiger partial charge in [-0.25, -0.2) is 9.78 Å². The lowest BCUT2D eigenvalue weighted by molar-refractivity contribution is 0.0696. The van der Waals surface area contributed by atoms with Crippen LogP contribution < -0.4 is 0 Å². The van der Waals surface area contributed by atoms with Crippen LogP contribution in [0.1, 0.15) is 27.3 Å². The standard InChI is InChI=1S/C13H13ClN2O2/c1-6-4-7(2)10(13(17)18)5-9(6)11-12(14)16-8(3)15-11/h4-5H,1-3H3,(H,15,16)(H,17,18). The molecule has 1 aromatic heterocycles. The van der Waals surface area contributed by atoms with E-state index in [1.54, 1.807) is 19.9 Å². The number of nitrogens with zero attached hydrogens (tertiary/aromatic N) is 1. The van der Waals surface area contributed by atoms with Crippen molar-refractivity contribution in [2.24, 2.45) is 0 Å². The fraction of sp³-hybridized carbons (Fsp3) is 0.231. The summed E-state index contributed by atoms with van der Waals surface area (Å²) in [5, 5.41) is 9.50. The first-order chi connectivity index (χ1) is 8.40. The van der Waals surface area contributed by atoms with E-state index in [-0.39, 0.29) is 5.56 Å². The molecule has 0 radical (unpaired) electrons. The summed E-state index contributed by atoms with van der Waals surface area (Å²) in [5.41, 5.74) is 3.40. The average molecular weight is 265 g/mol. The van der Waals surface area contributed by atoms with Crippen LogP contribution >= 0.6 is 11.6 Å². The highest BCUT2D eigenvalue weighted by Gasteiger charge is 2.15. The molecule has 94 valence electrons. The summed E-state index contributed by atoms with van der Waals surface area (Å²) >= 11 is 6.03. The fourth-order valence-electron chi connectivity index (χ4n) is 1.99. The van der Waals surface area contributed by atoms with Gasteiger partial charge in [-0.2, -0.15) is 0 Å². The van der Waals surface area contributed by atoms with Crippen LogP contribution in [0.5, 0.6) is 0 Å². The molecule has 0 saturated heterocycles. The summed E-state index contributed by atoms with van der Waals surface area (Å²) in [6, 6.07) is 3.47. The summed E-state index contributed by atoms with van der Waals surface area (Å²) in [6.45, 7) is 5.50. The van der Waals surface area contributed by atoms with Gasteiger partial charge in [-0.15, -0.1) is 0 Å². The molecular weight excluding hydrogens is 252 g/mol. The Labute approximate surface area is 110 Å². The number of aromatic carboxylic acids is 1. The summed E-state index contributed by atoms with van der Waals surface area (Å²) < 4.78 is 0. The number of carboxylic acids is 1. The summed E-state index contributed by atoms with van der Waals surface area (Å²) in [5.74, 6) is -0.243. The molecule has 0 spiro atoms. The zero-order valence-corrected chi connectivity index (χ0v) is 11.1. The number of halogens is 1. The van der Waals surface area contributed by atoms with E-state index in [9.17, 15) is 4.79 Å². The first kappa shape index (κ1) is 12.6. The zero-order chi connectivity index (χ0) is 13.4. The number of nitrogens with one attached hydrogen (secondary N) is 1. The van der Waals surface area contributed by atoms with E-state index >= 15 is 0 Å². The van der Waals surface area contributed by atoms with Gasteiger partial charge in [-0.3, -0.25) is 0 Å². The van der Waals surface area contributed by atoms with Crippen molar-refractivity contribution < 1.29 is 9.90 Å². The number of hydrogen-bond donors (Lipinski definition) is 2. The highest BCUT2D eigenvalue weighted by atomic mass is 35.5. The normalized spacial score (nSPS) is 10.7. The van der Waals surface area contributed by atoms with Gasteiger partial charge in [0, 0.05) is 5.56 Å². The van der Waals surface area contributed by atoms with Crippen LogP contribution in [0.25, 0.3) is 11.3 Å². The number of rotatable bonds is 2. The monoisotopic (exact) mass is 264 g/mol. The molecule has 0 fully saturated rings. The predicted molar refractivity (Wildman–Crippen MR) is 70.2 cm³/mol. The van der Waals surface area contributed by atoms with Gasteiger partial charge >= 0.3 is 5.97 Å². The molecule has 0 bridgehead atoms. The van der Waals surface area contributed by atoms with Crippen molar-refractivity contribution in [2.45, 2.75) is 20.8 Å². The highest BCUT2D eigenvalue weighted by molar-refractivity contribution is 6.32. The smallest absolute Gasteiger partial charge is 0.335 e. The van der Waals surface area contributed by atoms with Crippen molar-refractivity contribution >= 4 is 17.6 Å². The Bertz CT molecular complexity index is 632. The first-order valence-corrected chi connectivity index (χ1v) is 5.85. The lowest BCUT2D eigenvalue weighted by Gasteiger charge is -2.08. The summed E-state index contributed by atoms with van der Waals surface area (Å²) in [6.07, 6.45) is 0. The van der Waals surface area contributed by atoms with Gasteiger partial charge in [0.25, 0.3) is 0 Å². The second-order valence-corrected chi connectivity index (χ2v) is 4.63. The molecule has 0 saturated carbocycles. The number of carboxylic acid groups (broad SMARTS) is 1. The lowest BCUT2D eigenvalue weighted by Crippen LogP contribution is -2.01. The third-order valence-corrected chi connectivity index (χ3v) is 3.12. The summed E-state index contributed by atoms with van der Waals surface area (Å²) in [7, 11) is 0. The van der Waals surface area contributed by atoms with Crippen LogP contribution in [0.4, 0.5) is 0 Å². The first-order valence-electron chi connectivity index (χ1n) is 5.47. The Morgan fingerprint density at radius 3 is 2.44 bits per heavy atom. The van der Waals surface area contributed by atoms with Crippen molar-refractivity contribution in [3.05, 3.63) is 39.8 Å². The van der Waals surface area contributed by atoms with Crippen LogP contribution in [0.2, 0.25) is 5.15 Å². The van der Waals surface area contributed by atoms with Crippen molar-refractivity contribution in [3.63, 3.8) is 0 Å². The maximum Gasteiger partial charge on any atom is 0.335 e. The number of H-pyrrole nitrogens is 1. The van der Waals surface area contributed by atoms with Crippen molar-refractivity contribution in [1.29, 1.82) is 0 Å². The molecule has 5 heteroatoms. The van der Waals surface area contributed by atoms with Gasteiger partial charge in [0.1, 0.15) is 5.82 Å². The number of carbonyl (C=O) groups is 1. The number of aromatic amines is 1. The van der Waals surface area contributed by atoms with Crippen molar-refractivity contribution in [1.82, 2.24) is 9.97 Å². The van der Waals surface area contributed by atoms with Crippen LogP contribution in [-0.2, 0) is 0 Å². The van der Waals surface area contributed by atoms with E-state index in [2.05, 4.69) is 9.97 Å². The molecule has 0 unspecified atom stereocenters. The zero-order valence-electron chi connectivity index (χ0n) is 10.3. The highest BCUT2D eigenvalue weighted by Crippen LogP contribution is 2.30. The Morgan fingerprint density at radius 1 is 1.28 bits per heavy atom. The SMILES string of the molecule is Cc1nc(Cl)c(-c2cc(C(=O)O)c(C)cc2C)[nH]1. The Balaban J connectivity index is 2.68. The van der Waals surface area contributed by atoms with Gasteiger partial charge in [-0.05, 0) is 38.0 Å². The van der Waals surface area contributed by atoms with E-state index < -0.39 is 5.97 Å². The van der Waals surface area contributed by atoms with E-state index in [1.165, 1.54) is 0 Å². The third-order valence-electron chi connectivity index (χ3n) is 2.85. The number of benzene rings is 1. The Kier molecular flexibility index (Phi) is 3.13. The number of aryl methyl sites for hydroxylation is 3. The van der Waals surface area contributed by atoms with E-state index in [1.807, 2.05) is 13.0 Å². The fourth-order valence-corrected chi connectivity index (χ4v) is 2.27. The molecule has 2 N–H and O–H groups in total. The molecule has 1 heterocycles. The van der Waals surface area contributed by atoms with E-state index in [0.717, 1.165) is 16.7 Å². The van der Waals surface area contributed by atoms with Gasteiger partial charge in [-0.1, -0.05) is 17.7 Å². The van der Waals surface area contributed by atoms with Crippen LogP contribution in [0, 0.1) is 20.8 Å². The van der Waals surface area contributed by atoms with Crippen LogP contribution in [0.3, 0.4) is 0 Å². The van der Waals surface area contributed by atoms with Gasteiger partial charge in [0.05, 0.1) is 11.3 Å². The minimum atomic E-state index is -0.943. The Hall–Kier alpha value is -1.81. The van der Waals surface area contributed by atoms with E-state index in [0.29, 0.717) is 16.7 Å². The molecule has 4 nitrogen and oxygen atoms in total. The molecule has 0 amide bonds. The number of imidazole rings is 1. The van der Waals surface area contributed by atoms with Crippen molar-refractivity contribution in [3.8, 4) is 11.3 Å². The quantitative estimate of drug-likeness (QED) is 0.874. The number of aromatic nitrogens is 2. The molecule has 0 aliphatic rings. The molecule has 0 atom stereocenters. The van der Waals surface area contributed by atoms with Gasteiger partial charge in [0.15, 0.2) is 5.15 Å². The van der Waals surface area contributed by atoms with Crippen LogP contribution in [-0.4, -0.2) is 21.0 Å². The van der Waals surface area contributed by atoms with Crippen molar-refractivity contribution in [2.75, 3.05) is 0 Å². The minimum Gasteiger partial charge on any atom is -0.478 e. The molecular formula is C13H13ClN2O2.